The quantitative estimate of drug-likeness (QED) is 0.756. The molecule has 0 heterocycles. The molecule has 0 radical (unpaired) electrons. The van der Waals surface area contributed by atoms with E-state index < -0.39 is 22.0 Å². The molecule has 0 aliphatic rings. The molecule has 1 aromatic rings. The second-order valence-corrected chi connectivity index (χ2v) is 5.37. The van der Waals surface area contributed by atoms with Crippen molar-refractivity contribution in [2.24, 2.45) is 5.92 Å². The zero-order valence-electron chi connectivity index (χ0n) is 9.67. The number of methoxy groups -OCH3 is 1. The fourth-order valence-electron chi connectivity index (χ4n) is 1.42. The maximum absolute atomic E-state index is 12.2. The van der Waals surface area contributed by atoms with Crippen LogP contribution in [-0.2, 0) is 20.3 Å². The molecule has 0 saturated heterocycles. The molecule has 0 aliphatic carbocycles. The highest BCUT2D eigenvalue weighted by molar-refractivity contribution is 7.86. The molecule has 0 aliphatic heterocycles. The molecule has 0 bridgehead atoms. The van der Waals surface area contributed by atoms with Gasteiger partial charge >= 0.3 is 5.97 Å². The van der Waals surface area contributed by atoms with Crippen molar-refractivity contribution < 1.29 is 13.7 Å². The third-order valence-electron chi connectivity index (χ3n) is 2.25. The van der Waals surface area contributed by atoms with Gasteiger partial charge < -0.3 is 4.74 Å². The highest BCUT2D eigenvalue weighted by atomic mass is 32.2. The van der Waals surface area contributed by atoms with E-state index in [0.29, 0.717) is 4.90 Å². The molecule has 1 rings (SSSR count). The van der Waals surface area contributed by atoms with Crippen molar-refractivity contribution in [1.29, 1.82) is 0 Å². The Kier molecular flexibility index (Phi) is 4.68. The van der Waals surface area contributed by atoms with E-state index in [9.17, 15) is 9.00 Å². The lowest BCUT2D eigenvalue weighted by Crippen LogP contribution is -2.32. The number of carbonyl (C=O) groups excluding carboxylic acids is 1. The lowest BCUT2D eigenvalue weighted by atomic mass is 10.1. The van der Waals surface area contributed by atoms with Gasteiger partial charge in [0.1, 0.15) is 5.25 Å². The monoisotopic (exact) mass is 240 g/mol. The van der Waals surface area contributed by atoms with Crippen LogP contribution < -0.4 is 0 Å². The molecule has 2 unspecified atom stereocenters. The molecule has 0 amide bonds. The Labute approximate surface area is 98.3 Å². The van der Waals surface area contributed by atoms with Crippen molar-refractivity contribution in [3.63, 3.8) is 0 Å². The molecular weight excluding hydrogens is 224 g/mol. The fourth-order valence-corrected chi connectivity index (χ4v) is 2.91. The van der Waals surface area contributed by atoms with Crippen LogP contribution in [0.1, 0.15) is 13.8 Å². The fraction of sp³-hybridized carbons (Fsp3) is 0.417. The first-order valence-electron chi connectivity index (χ1n) is 5.11. The lowest BCUT2D eigenvalue weighted by molar-refractivity contribution is -0.140. The number of benzene rings is 1. The number of esters is 1. The molecular formula is C12H16O3S. The average molecular weight is 240 g/mol. The molecule has 0 saturated carbocycles. The Balaban J connectivity index is 2.97. The summed E-state index contributed by atoms with van der Waals surface area (Å²) in [5.74, 6) is -0.439. The minimum atomic E-state index is -1.36. The third kappa shape index (κ3) is 2.92. The van der Waals surface area contributed by atoms with Gasteiger partial charge in [0, 0.05) is 4.90 Å². The van der Waals surface area contributed by atoms with Crippen molar-refractivity contribution >= 4 is 16.8 Å². The zero-order chi connectivity index (χ0) is 12.1. The minimum Gasteiger partial charge on any atom is -0.468 e. The SMILES string of the molecule is COC(=O)C(C(C)C)S(=O)c1ccccc1. The molecule has 0 aromatic heterocycles. The molecule has 0 fully saturated rings. The Morgan fingerprint density at radius 3 is 2.25 bits per heavy atom. The van der Waals surface area contributed by atoms with Gasteiger partial charge in [-0.05, 0) is 18.1 Å². The van der Waals surface area contributed by atoms with Crippen molar-refractivity contribution in [2.45, 2.75) is 24.0 Å². The van der Waals surface area contributed by atoms with E-state index in [0.717, 1.165) is 0 Å². The smallest absolute Gasteiger partial charge is 0.322 e. The molecule has 3 nitrogen and oxygen atoms in total. The van der Waals surface area contributed by atoms with Crippen LogP contribution >= 0.6 is 0 Å². The second kappa shape index (κ2) is 5.80. The first-order chi connectivity index (χ1) is 7.57. The van der Waals surface area contributed by atoms with Crippen LogP contribution in [0.2, 0.25) is 0 Å². The molecule has 16 heavy (non-hydrogen) atoms. The van der Waals surface area contributed by atoms with Gasteiger partial charge in [0.05, 0.1) is 17.9 Å². The Hall–Kier alpha value is -1.16. The number of carbonyl (C=O) groups is 1. The largest absolute Gasteiger partial charge is 0.468 e. The van der Waals surface area contributed by atoms with Crippen LogP contribution in [0, 0.1) is 5.92 Å². The molecule has 2 atom stereocenters. The Morgan fingerprint density at radius 1 is 1.25 bits per heavy atom. The van der Waals surface area contributed by atoms with E-state index in [-0.39, 0.29) is 5.92 Å². The van der Waals surface area contributed by atoms with Gasteiger partial charge in [-0.15, -0.1) is 0 Å². The van der Waals surface area contributed by atoms with Crippen molar-refractivity contribution in [1.82, 2.24) is 0 Å². The summed E-state index contributed by atoms with van der Waals surface area (Å²) in [4.78, 5) is 12.2. The molecule has 1 aromatic carbocycles. The molecule has 88 valence electrons. The molecule has 4 heteroatoms. The van der Waals surface area contributed by atoms with Crippen LogP contribution in [0.5, 0.6) is 0 Å². The summed E-state index contributed by atoms with van der Waals surface area (Å²) in [6, 6.07) is 8.98. The summed E-state index contributed by atoms with van der Waals surface area (Å²) in [5.41, 5.74) is 0. The minimum absolute atomic E-state index is 0.0199. The Morgan fingerprint density at radius 2 is 1.81 bits per heavy atom. The number of rotatable bonds is 4. The van der Waals surface area contributed by atoms with Crippen LogP contribution in [0.3, 0.4) is 0 Å². The zero-order valence-corrected chi connectivity index (χ0v) is 10.5. The van der Waals surface area contributed by atoms with Crippen LogP contribution in [0.25, 0.3) is 0 Å². The van der Waals surface area contributed by atoms with E-state index in [1.165, 1.54) is 7.11 Å². The maximum Gasteiger partial charge on any atom is 0.322 e. The van der Waals surface area contributed by atoms with E-state index in [1.54, 1.807) is 12.1 Å². The summed E-state index contributed by atoms with van der Waals surface area (Å²) in [5, 5.41) is -0.604. The standard InChI is InChI=1S/C12H16O3S/c1-9(2)11(12(13)15-3)16(14)10-7-5-4-6-8-10/h4-9,11H,1-3H3. The maximum atomic E-state index is 12.2. The summed E-state index contributed by atoms with van der Waals surface area (Å²) >= 11 is 0. The van der Waals surface area contributed by atoms with Gasteiger partial charge in [-0.25, -0.2) is 0 Å². The van der Waals surface area contributed by atoms with Crippen LogP contribution in [0.4, 0.5) is 0 Å². The first-order valence-corrected chi connectivity index (χ1v) is 6.32. The Bertz CT molecular complexity index is 373. The summed E-state index contributed by atoms with van der Waals surface area (Å²) < 4.78 is 16.9. The van der Waals surface area contributed by atoms with Crippen molar-refractivity contribution in [3.8, 4) is 0 Å². The van der Waals surface area contributed by atoms with Crippen LogP contribution in [0.15, 0.2) is 35.2 Å². The summed E-state index contributed by atoms with van der Waals surface area (Å²) in [6.45, 7) is 3.73. The van der Waals surface area contributed by atoms with Crippen LogP contribution in [-0.4, -0.2) is 22.5 Å². The highest BCUT2D eigenvalue weighted by Crippen LogP contribution is 2.18. The van der Waals surface area contributed by atoms with Gasteiger partial charge in [0.15, 0.2) is 0 Å². The van der Waals surface area contributed by atoms with Crippen molar-refractivity contribution in [2.75, 3.05) is 7.11 Å². The topological polar surface area (TPSA) is 43.4 Å². The number of hydrogen-bond acceptors (Lipinski definition) is 3. The van der Waals surface area contributed by atoms with E-state index in [1.807, 2.05) is 32.0 Å². The van der Waals surface area contributed by atoms with Gasteiger partial charge in [0.25, 0.3) is 0 Å². The normalized spacial score (nSPS) is 14.5. The third-order valence-corrected chi connectivity index (χ3v) is 4.18. The predicted molar refractivity (Wildman–Crippen MR) is 63.5 cm³/mol. The number of ether oxygens (including phenoxy) is 1. The molecule has 0 N–H and O–H groups in total. The summed E-state index contributed by atoms with van der Waals surface area (Å²) in [7, 11) is -0.0365. The van der Waals surface area contributed by atoms with Gasteiger partial charge in [-0.2, -0.15) is 0 Å². The first kappa shape index (κ1) is 12.9. The van der Waals surface area contributed by atoms with Gasteiger partial charge in [-0.1, -0.05) is 32.0 Å². The van der Waals surface area contributed by atoms with E-state index >= 15 is 0 Å². The average Bonchev–Trinajstić information content (AvgIpc) is 2.29. The van der Waals surface area contributed by atoms with Crippen molar-refractivity contribution in [3.05, 3.63) is 30.3 Å². The van der Waals surface area contributed by atoms with E-state index in [4.69, 9.17) is 0 Å². The number of hydrogen-bond donors (Lipinski definition) is 0. The molecule has 0 spiro atoms. The predicted octanol–water partition coefficient (Wildman–Crippen LogP) is 1.99. The second-order valence-electron chi connectivity index (χ2n) is 3.80. The highest BCUT2D eigenvalue weighted by Gasteiger charge is 2.30. The lowest BCUT2D eigenvalue weighted by Gasteiger charge is -2.17. The van der Waals surface area contributed by atoms with Gasteiger partial charge in [-0.3, -0.25) is 9.00 Å². The summed E-state index contributed by atoms with van der Waals surface area (Å²) in [6.07, 6.45) is 0. The van der Waals surface area contributed by atoms with Gasteiger partial charge in [0.2, 0.25) is 0 Å². The van der Waals surface area contributed by atoms with E-state index in [2.05, 4.69) is 4.74 Å².